The van der Waals surface area contributed by atoms with Gasteiger partial charge in [-0.25, -0.2) is 9.97 Å². The van der Waals surface area contributed by atoms with Gasteiger partial charge in [-0.15, -0.1) is 11.3 Å². The predicted molar refractivity (Wildman–Crippen MR) is 111 cm³/mol. The van der Waals surface area contributed by atoms with Crippen molar-refractivity contribution in [2.45, 2.75) is 50.9 Å². The number of carbonyl (C=O) groups excluding carboxylic acids is 1. The number of pyridine rings is 1. The van der Waals surface area contributed by atoms with Gasteiger partial charge >= 0.3 is 0 Å². The maximum absolute atomic E-state index is 12.9. The second-order valence-corrected chi connectivity index (χ2v) is 8.75. The van der Waals surface area contributed by atoms with Crippen LogP contribution in [0, 0.1) is 0 Å². The predicted octanol–water partition coefficient (Wildman–Crippen LogP) is 4.39. The maximum Gasteiger partial charge on any atom is 0.186 e. The number of nitrogens with zero attached hydrogens (tertiary/aromatic N) is 3. The summed E-state index contributed by atoms with van der Waals surface area (Å²) in [5.41, 5.74) is 3.40. The average Bonchev–Trinajstić information content (AvgIpc) is 3.31. The smallest absolute Gasteiger partial charge is 0.186 e. The van der Waals surface area contributed by atoms with Crippen LogP contribution in [0.2, 0.25) is 0 Å². The minimum atomic E-state index is 0.0400. The molecule has 2 aliphatic rings. The van der Waals surface area contributed by atoms with Gasteiger partial charge in [0.2, 0.25) is 0 Å². The quantitative estimate of drug-likeness (QED) is 0.540. The summed E-state index contributed by atoms with van der Waals surface area (Å²) in [4.78, 5) is 22.3. The Bertz CT molecular complexity index is 1030. The molecule has 0 atom stereocenters. The second-order valence-electron chi connectivity index (χ2n) is 7.86. The summed E-state index contributed by atoms with van der Waals surface area (Å²) in [5, 5.41) is 3.00. The summed E-state index contributed by atoms with van der Waals surface area (Å²) in [7, 11) is 0. The number of Topliss-reactive ketones (excluding diaryl/α,β-unsaturated/α-hetero) is 1. The minimum Gasteiger partial charge on any atom is -0.493 e. The van der Waals surface area contributed by atoms with E-state index in [9.17, 15) is 4.79 Å². The highest BCUT2D eigenvalue weighted by molar-refractivity contribution is 7.10. The van der Waals surface area contributed by atoms with E-state index in [4.69, 9.17) is 14.5 Å². The molecule has 0 bridgehead atoms. The van der Waals surface area contributed by atoms with Crippen molar-refractivity contribution in [1.82, 2.24) is 14.4 Å². The number of rotatable bonds is 7. The van der Waals surface area contributed by atoms with Crippen molar-refractivity contribution in [2.24, 2.45) is 0 Å². The number of carbonyl (C=O) groups is 1. The van der Waals surface area contributed by atoms with Crippen LogP contribution in [-0.4, -0.2) is 40.0 Å². The largest absolute Gasteiger partial charge is 0.493 e. The van der Waals surface area contributed by atoms with Gasteiger partial charge in [0.05, 0.1) is 17.3 Å². The highest BCUT2D eigenvalue weighted by Gasteiger charge is 2.28. The summed E-state index contributed by atoms with van der Waals surface area (Å²) in [6.45, 7) is 4.09. The molecule has 1 saturated carbocycles. The maximum atomic E-state index is 12.9. The number of hydrogen-bond acceptors (Lipinski definition) is 6. The normalized spacial score (nSPS) is 17.7. The Morgan fingerprint density at radius 3 is 2.79 bits per heavy atom. The van der Waals surface area contributed by atoms with Crippen molar-refractivity contribution < 1.29 is 14.3 Å². The Balaban J connectivity index is 1.42. The van der Waals surface area contributed by atoms with Crippen LogP contribution in [0.1, 0.15) is 71.2 Å². The first-order valence-corrected chi connectivity index (χ1v) is 11.3. The highest BCUT2D eigenvalue weighted by Crippen LogP contribution is 2.41. The molecular weight excluding hydrogens is 386 g/mol. The van der Waals surface area contributed by atoms with Gasteiger partial charge in [0.25, 0.3) is 0 Å². The van der Waals surface area contributed by atoms with Crippen molar-refractivity contribution in [3.8, 4) is 5.75 Å². The Hall–Kier alpha value is -2.25. The summed E-state index contributed by atoms with van der Waals surface area (Å²) >= 11 is 1.61. The molecule has 1 saturated heterocycles. The van der Waals surface area contributed by atoms with E-state index >= 15 is 0 Å². The summed E-state index contributed by atoms with van der Waals surface area (Å²) in [5.74, 6) is 1.78. The Morgan fingerprint density at radius 2 is 2.03 bits per heavy atom. The number of ketones is 1. The number of ether oxygens (including phenoxy) is 2. The molecule has 0 radical (unpaired) electrons. The molecule has 5 rings (SSSR count). The van der Waals surface area contributed by atoms with E-state index < -0.39 is 0 Å². The van der Waals surface area contributed by atoms with Gasteiger partial charge < -0.3 is 13.9 Å². The Kier molecular flexibility index (Phi) is 5.09. The van der Waals surface area contributed by atoms with E-state index in [0.717, 1.165) is 53.7 Å². The van der Waals surface area contributed by atoms with Crippen LogP contribution in [0.4, 0.5) is 0 Å². The van der Waals surface area contributed by atoms with Crippen LogP contribution in [-0.2, 0) is 11.2 Å². The third-order valence-corrected chi connectivity index (χ3v) is 6.68. The van der Waals surface area contributed by atoms with Gasteiger partial charge in [-0.1, -0.05) is 0 Å². The molecule has 1 aliphatic carbocycles. The third kappa shape index (κ3) is 3.94. The molecule has 0 spiro atoms. The molecule has 7 heteroatoms. The van der Waals surface area contributed by atoms with Crippen LogP contribution in [0.3, 0.4) is 0 Å². The van der Waals surface area contributed by atoms with Crippen molar-refractivity contribution in [3.05, 3.63) is 45.8 Å². The lowest BCUT2D eigenvalue weighted by Gasteiger charge is -2.19. The average molecular weight is 412 g/mol. The van der Waals surface area contributed by atoms with Gasteiger partial charge in [0, 0.05) is 60.9 Å². The standard InChI is InChI=1S/C22H25N3O3S/c1-2-28-20-10-21-23-17(14-5-7-27-8-6-14)12-25(21)11-16(20)9-19(26)18-13-29-22(24-18)15-3-4-15/h10-15H,2-9H2,1H3. The van der Waals surface area contributed by atoms with Crippen molar-refractivity contribution >= 4 is 22.8 Å². The van der Waals surface area contributed by atoms with Crippen molar-refractivity contribution in [1.29, 1.82) is 0 Å². The molecule has 152 valence electrons. The fraction of sp³-hybridized carbons (Fsp3) is 0.500. The number of imidazole rings is 1. The molecule has 6 nitrogen and oxygen atoms in total. The van der Waals surface area contributed by atoms with Crippen molar-refractivity contribution in [2.75, 3.05) is 19.8 Å². The van der Waals surface area contributed by atoms with Crippen LogP contribution in [0.25, 0.3) is 5.65 Å². The molecule has 0 aromatic carbocycles. The Morgan fingerprint density at radius 1 is 1.21 bits per heavy atom. The van der Waals surface area contributed by atoms with Gasteiger partial charge in [-0.2, -0.15) is 0 Å². The summed E-state index contributed by atoms with van der Waals surface area (Å²) in [6, 6.07) is 1.95. The second kappa shape index (κ2) is 7.88. The Labute approximate surface area is 173 Å². The first-order chi connectivity index (χ1) is 14.2. The van der Waals surface area contributed by atoms with E-state index in [1.54, 1.807) is 11.3 Å². The van der Waals surface area contributed by atoms with E-state index in [1.165, 1.54) is 12.8 Å². The molecule has 0 amide bonds. The van der Waals surface area contributed by atoms with Crippen LogP contribution in [0.5, 0.6) is 5.75 Å². The van der Waals surface area contributed by atoms with Gasteiger partial charge in [-0.05, 0) is 32.6 Å². The first-order valence-electron chi connectivity index (χ1n) is 10.4. The third-order valence-electron chi connectivity index (χ3n) is 5.68. The van der Waals surface area contributed by atoms with Crippen molar-refractivity contribution in [3.63, 3.8) is 0 Å². The highest BCUT2D eigenvalue weighted by atomic mass is 32.1. The molecule has 3 aromatic heterocycles. The lowest BCUT2D eigenvalue weighted by Crippen LogP contribution is -2.14. The van der Waals surface area contributed by atoms with E-state index in [-0.39, 0.29) is 12.2 Å². The van der Waals surface area contributed by atoms with Crippen LogP contribution < -0.4 is 4.74 Å². The zero-order valence-corrected chi connectivity index (χ0v) is 17.4. The van der Waals surface area contributed by atoms with E-state index in [2.05, 4.69) is 11.2 Å². The monoisotopic (exact) mass is 411 g/mol. The minimum absolute atomic E-state index is 0.0400. The molecule has 4 heterocycles. The van der Waals surface area contributed by atoms with Gasteiger partial charge in [0.15, 0.2) is 5.78 Å². The molecule has 29 heavy (non-hydrogen) atoms. The molecule has 0 N–H and O–H groups in total. The zero-order chi connectivity index (χ0) is 19.8. The molecular formula is C22H25N3O3S. The molecule has 2 fully saturated rings. The van der Waals surface area contributed by atoms with Crippen LogP contribution in [0.15, 0.2) is 23.8 Å². The molecule has 1 aliphatic heterocycles. The van der Waals surface area contributed by atoms with E-state index in [1.807, 2.05) is 29.0 Å². The molecule has 0 unspecified atom stereocenters. The summed E-state index contributed by atoms with van der Waals surface area (Å²) in [6.07, 6.45) is 8.75. The summed E-state index contributed by atoms with van der Waals surface area (Å²) < 4.78 is 13.3. The SMILES string of the molecule is CCOc1cc2nc(C3CCOCC3)cn2cc1CC(=O)c1csc(C2CC2)n1. The zero-order valence-electron chi connectivity index (χ0n) is 16.6. The topological polar surface area (TPSA) is 65.7 Å². The number of thiazole rings is 1. The van der Waals surface area contributed by atoms with Gasteiger partial charge in [0.1, 0.15) is 17.1 Å². The first kappa shape index (κ1) is 18.8. The fourth-order valence-corrected chi connectivity index (χ4v) is 4.88. The van der Waals surface area contributed by atoms with Gasteiger partial charge in [-0.3, -0.25) is 4.79 Å². The van der Waals surface area contributed by atoms with Crippen LogP contribution >= 0.6 is 11.3 Å². The lowest BCUT2D eigenvalue weighted by molar-refractivity contribution is 0.0846. The number of fused-ring (bicyclic) bond motifs is 1. The fourth-order valence-electron chi connectivity index (χ4n) is 3.89. The molecule has 3 aromatic rings. The number of aromatic nitrogens is 3. The van der Waals surface area contributed by atoms with E-state index in [0.29, 0.717) is 24.1 Å². The lowest BCUT2D eigenvalue weighted by atomic mass is 9.97. The number of hydrogen-bond donors (Lipinski definition) is 0.